The Morgan fingerprint density at radius 2 is 1.64 bits per heavy atom. The maximum Gasteiger partial charge on any atom is 0.259 e. The normalized spacial score (nSPS) is 13.9. The summed E-state index contributed by atoms with van der Waals surface area (Å²) in [5.41, 5.74) is 4.44. The van der Waals surface area contributed by atoms with Crippen LogP contribution in [0.25, 0.3) is 33.0 Å². The fourth-order valence-electron chi connectivity index (χ4n) is 5.06. The van der Waals surface area contributed by atoms with Crippen molar-refractivity contribution >= 4 is 56.4 Å². The molecular weight excluding hydrogens is 454 g/mol. The van der Waals surface area contributed by atoms with E-state index in [1.807, 2.05) is 48.7 Å². The molecular formula is C28H29N5O3. The lowest BCUT2D eigenvalue weighted by Crippen LogP contribution is -2.27. The van der Waals surface area contributed by atoms with Gasteiger partial charge in [-0.25, -0.2) is 0 Å². The summed E-state index contributed by atoms with van der Waals surface area (Å²) in [7, 11) is 0. The van der Waals surface area contributed by atoms with E-state index < -0.39 is 11.8 Å². The summed E-state index contributed by atoms with van der Waals surface area (Å²) < 4.78 is 2.07. The number of H-pyrrole nitrogens is 1. The molecule has 184 valence electrons. The van der Waals surface area contributed by atoms with E-state index in [2.05, 4.69) is 38.9 Å². The highest BCUT2D eigenvalue weighted by atomic mass is 16.2. The molecule has 0 radical (unpaired) electrons. The molecule has 1 aliphatic heterocycles. The topological polar surface area (TPSA) is 99.2 Å². The molecule has 3 heterocycles. The third-order valence-corrected chi connectivity index (χ3v) is 6.82. The van der Waals surface area contributed by atoms with Gasteiger partial charge in [0.25, 0.3) is 11.8 Å². The summed E-state index contributed by atoms with van der Waals surface area (Å²) in [6, 6.07) is 13.3. The smallest absolute Gasteiger partial charge is 0.259 e. The minimum absolute atomic E-state index is 0.173. The zero-order chi connectivity index (χ0) is 25.4. The van der Waals surface area contributed by atoms with Gasteiger partial charge in [-0.2, -0.15) is 0 Å². The van der Waals surface area contributed by atoms with E-state index in [-0.39, 0.29) is 5.91 Å². The maximum absolute atomic E-state index is 13.2. The Morgan fingerprint density at radius 3 is 2.36 bits per heavy atom. The molecule has 3 N–H and O–H groups in total. The molecule has 0 fully saturated rings. The summed E-state index contributed by atoms with van der Waals surface area (Å²) in [5, 5.41) is 7.11. The number of aromatic amines is 1. The molecule has 8 nitrogen and oxygen atoms in total. The summed E-state index contributed by atoms with van der Waals surface area (Å²) in [5.74, 6) is -1.01. The van der Waals surface area contributed by atoms with Gasteiger partial charge in [0.1, 0.15) is 0 Å². The van der Waals surface area contributed by atoms with Gasteiger partial charge >= 0.3 is 0 Å². The van der Waals surface area contributed by atoms with Crippen molar-refractivity contribution < 1.29 is 14.4 Å². The van der Waals surface area contributed by atoms with Gasteiger partial charge in [0.15, 0.2) is 0 Å². The number of rotatable bonds is 8. The molecule has 0 spiro atoms. The quantitative estimate of drug-likeness (QED) is 0.330. The summed E-state index contributed by atoms with van der Waals surface area (Å²) >= 11 is 0. The molecule has 36 heavy (non-hydrogen) atoms. The number of aromatic nitrogens is 2. The van der Waals surface area contributed by atoms with Gasteiger partial charge in [-0.05, 0) is 25.2 Å². The van der Waals surface area contributed by atoms with Crippen molar-refractivity contribution in [3.05, 3.63) is 66.0 Å². The van der Waals surface area contributed by atoms with Gasteiger partial charge in [-0.3, -0.25) is 19.7 Å². The highest BCUT2D eigenvalue weighted by Gasteiger charge is 2.35. The van der Waals surface area contributed by atoms with E-state index in [4.69, 9.17) is 0 Å². The Bertz CT molecular complexity index is 1540. The second-order valence-corrected chi connectivity index (χ2v) is 8.93. The second kappa shape index (κ2) is 9.47. The first-order valence-corrected chi connectivity index (χ1v) is 12.2. The number of carbonyl (C=O) groups is 3. The highest BCUT2D eigenvalue weighted by molar-refractivity contribution is 6.50. The Morgan fingerprint density at radius 1 is 0.944 bits per heavy atom. The van der Waals surface area contributed by atoms with Gasteiger partial charge in [0, 0.05) is 59.8 Å². The van der Waals surface area contributed by atoms with Crippen molar-refractivity contribution in [3.8, 4) is 0 Å². The van der Waals surface area contributed by atoms with Gasteiger partial charge in [-0.1, -0.05) is 44.2 Å². The minimum atomic E-state index is -0.423. The van der Waals surface area contributed by atoms with E-state index in [0.717, 1.165) is 41.4 Å². The van der Waals surface area contributed by atoms with E-state index in [9.17, 15) is 14.4 Å². The maximum atomic E-state index is 13.2. The monoisotopic (exact) mass is 483 g/mol. The molecule has 3 amide bonds. The number of likely N-dealkylation sites (N-methyl/N-ethyl adjacent to an activating group) is 1. The van der Waals surface area contributed by atoms with Crippen molar-refractivity contribution in [3.63, 3.8) is 0 Å². The Kier molecular flexibility index (Phi) is 6.20. The van der Waals surface area contributed by atoms with Crippen LogP contribution in [-0.4, -0.2) is 51.8 Å². The van der Waals surface area contributed by atoms with Gasteiger partial charge in [0.2, 0.25) is 5.91 Å². The first-order chi connectivity index (χ1) is 17.4. The number of para-hydroxylation sites is 2. The van der Waals surface area contributed by atoms with Crippen LogP contribution in [0.2, 0.25) is 0 Å². The largest absolute Gasteiger partial charge is 0.361 e. The lowest BCUT2D eigenvalue weighted by molar-refractivity contribution is -0.123. The first kappa shape index (κ1) is 23.6. The van der Waals surface area contributed by atoms with Crippen molar-refractivity contribution in [2.75, 3.05) is 25.0 Å². The summed E-state index contributed by atoms with van der Waals surface area (Å²) in [4.78, 5) is 43.8. The number of imide groups is 1. The average molecular weight is 484 g/mol. The van der Waals surface area contributed by atoms with Crippen LogP contribution in [0.4, 0.5) is 5.69 Å². The van der Waals surface area contributed by atoms with Crippen LogP contribution >= 0.6 is 0 Å². The molecule has 2 aromatic heterocycles. The number of benzene rings is 2. The van der Waals surface area contributed by atoms with Crippen LogP contribution < -0.4 is 10.6 Å². The fraction of sp³-hybridized carbons (Fsp3) is 0.250. The number of hydrogen-bond donors (Lipinski definition) is 3. The molecule has 0 saturated heterocycles. The van der Waals surface area contributed by atoms with Crippen molar-refractivity contribution in [2.24, 2.45) is 0 Å². The number of carbonyl (C=O) groups excluding carboxylic acids is 3. The number of fused-ring (bicyclic) bond motifs is 2. The molecule has 8 heteroatoms. The van der Waals surface area contributed by atoms with Crippen LogP contribution in [0.3, 0.4) is 0 Å². The van der Waals surface area contributed by atoms with Crippen molar-refractivity contribution in [1.29, 1.82) is 0 Å². The molecule has 0 saturated carbocycles. The lowest BCUT2D eigenvalue weighted by atomic mass is 9.95. The van der Waals surface area contributed by atoms with Crippen LogP contribution in [0.5, 0.6) is 0 Å². The molecule has 0 unspecified atom stereocenters. The molecule has 0 atom stereocenters. The van der Waals surface area contributed by atoms with Gasteiger partial charge in [-0.15, -0.1) is 0 Å². The zero-order valence-corrected chi connectivity index (χ0v) is 20.6. The number of anilines is 1. The van der Waals surface area contributed by atoms with Crippen LogP contribution in [0, 0.1) is 0 Å². The van der Waals surface area contributed by atoms with Gasteiger partial charge in [0.05, 0.1) is 22.4 Å². The van der Waals surface area contributed by atoms with Gasteiger partial charge < -0.3 is 19.8 Å². The standard InChI is InChI=1S/C28H29N5O3/c1-4-32(5-2)13-14-33-16-21(19-10-8-12-23(26(19)33)30-17(3)34)25-24(27(35)31-28(25)36)20-15-29-22-11-7-6-9-18(20)22/h6-12,15-16,29H,4-5,13-14H2,1-3H3,(H,30,34)(H,31,35,36). The Hall–Kier alpha value is -4.17. The number of amides is 3. The van der Waals surface area contributed by atoms with Crippen LogP contribution in [0.15, 0.2) is 54.9 Å². The summed E-state index contributed by atoms with van der Waals surface area (Å²) in [6.07, 6.45) is 3.71. The first-order valence-electron chi connectivity index (χ1n) is 12.2. The molecule has 1 aliphatic rings. The van der Waals surface area contributed by atoms with Crippen molar-refractivity contribution in [1.82, 2.24) is 19.8 Å². The summed E-state index contributed by atoms with van der Waals surface area (Å²) in [6.45, 7) is 9.05. The number of hydrogen-bond acceptors (Lipinski definition) is 4. The van der Waals surface area contributed by atoms with E-state index in [0.29, 0.717) is 34.5 Å². The Labute approximate surface area is 209 Å². The predicted octanol–water partition coefficient (Wildman–Crippen LogP) is 3.99. The number of nitrogens with zero attached hydrogens (tertiary/aromatic N) is 2. The Balaban J connectivity index is 1.75. The zero-order valence-electron chi connectivity index (χ0n) is 20.6. The molecule has 4 aromatic rings. The fourth-order valence-corrected chi connectivity index (χ4v) is 5.06. The average Bonchev–Trinajstić information content (AvgIpc) is 3.52. The predicted molar refractivity (Wildman–Crippen MR) is 142 cm³/mol. The third kappa shape index (κ3) is 3.99. The molecule has 5 rings (SSSR count). The second-order valence-electron chi connectivity index (χ2n) is 8.93. The SMILES string of the molecule is CCN(CC)CCn1cc(C2=C(c3c[nH]c4ccccc34)C(=O)NC2=O)c2cccc(NC(C)=O)c21. The minimum Gasteiger partial charge on any atom is -0.361 e. The molecule has 0 aliphatic carbocycles. The lowest BCUT2D eigenvalue weighted by Gasteiger charge is -2.19. The molecule has 2 aromatic carbocycles. The van der Waals surface area contributed by atoms with Crippen molar-refractivity contribution in [2.45, 2.75) is 27.3 Å². The van der Waals surface area contributed by atoms with Crippen LogP contribution in [0.1, 0.15) is 31.9 Å². The molecule has 0 bridgehead atoms. The van der Waals surface area contributed by atoms with E-state index in [1.165, 1.54) is 6.92 Å². The highest BCUT2D eigenvalue weighted by Crippen LogP contribution is 2.39. The van der Waals surface area contributed by atoms with Crippen LogP contribution in [-0.2, 0) is 20.9 Å². The van der Waals surface area contributed by atoms with E-state index >= 15 is 0 Å². The third-order valence-electron chi connectivity index (χ3n) is 6.82. The van der Waals surface area contributed by atoms with E-state index in [1.54, 1.807) is 6.20 Å². The number of nitrogens with one attached hydrogen (secondary N) is 3.